The van der Waals surface area contributed by atoms with Crippen LogP contribution >= 0.6 is 0 Å². The van der Waals surface area contributed by atoms with Crippen molar-refractivity contribution in [2.24, 2.45) is 0 Å². The number of carbonyl (C=O) groups is 4. The third kappa shape index (κ3) is 8.74. The number of ether oxygens (including phenoxy) is 2. The van der Waals surface area contributed by atoms with Gasteiger partial charge in [0, 0.05) is 12.8 Å². The second-order valence-electron chi connectivity index (χ2n) is 7.85. The maximum atomic E-state index is 13.0. The molecule has 0 spiro atoms. The van der Waals surface area contributed by atoms with Crippen molar-refractivity contribution >= 4 is 23.9 Å². The van der Waals surface area contributed by atoms with Gasteiger partial charge in [-0.15, -0.1) is 0 Å². The van der Waals surface area contributed by atoms with Gasteiger partial charge in [-0.05, 0) is 44.9 Å². The lowest BCUT2D eigenvalue weighted by molar-refractivity contribution is -0.155. The van der Waals surface area contributed by atoms with E-state index in [0.717, 1.165) is 7.11 Å². The van der Waals surface area contributed by atoms with Crippen LogP contribution in [-0.4, -0.2) is 53.8 Å². The standard InChI is InChI=1S/C21H27N3O7/c1-20(2,3)31-17(27)8-9-21(24-19(29)30-4,18(28)23-13-16(25)26)11-14-6-5-7-15(10-14)12-22/h5-7,10H,8-9,11,13H2,1-4H3,(H,23,28)(H,24,29)(H,25,26). The predicted molar refractivity (Wildman–Crippen MR) is 109 cm³/mol. The van der Waals surface area contributed by atoms with Gasteiger partial charge in [0.1, 0.15) is 17.7 Å². The van der Waals surface area contributed by atoms with E-state index in [1.165, 1.54) is 6.07 Å². The van der Waals surface area contributed by atoms with Gasteiger partial charge in [-0.3, -0.25) is 14.4 Å². The maximum absolute atomic E-state index is 13.0. The van der Waals surface area contributed by atoms with Crippen molar-refractivity contribution in [1.29, 1.82) is 5.26 Å². The summed E-state index contributed by atoms with van der Waals surface area (Å²) in [5.41, 5.74) is -1.62. The molecule has 0 aromatic heterocycles. The van der Waals surface area contributed by atoms with Gasteiger partial charge in [-0.1, -0.05) is 12.1 Å². The van der Waals surface area contributed by atoms with Crippen molar-refractivity contribution in [2.75, 3.05) is 13.7 Å². The number of amides is 2. The van der Waals surface area contributed by atoms with Crippen molar-refractivity contribution in [1.82, 2.24) is 10.6 Å². The van der Waals surface area contributed by atoms with Gasteiger partial charge in [-0.25, -0.2) is 4.79 Å². The second kappa shape index (κ2) is 11.0. The maximum Gasteiger partial charge on any atom is 0.407 e. The topological polar surface area (TPSA) is 155 Å². The Balaban J connectivity index is 3.31. The number of hydrogen-bond acceptors (Lipinski definition) is 7. The van der Waals surface area contributed by atoms with Crippen LogP contribution in [0.3, 0.4) is 0 Å². The van der Waals surface area contributed by atoms with Gasteiger partial charge < -0.3 is 25.2 Å². The molecule has 10 nitrogen and oxygen atoms in total. The van der Waals surface area contributed by atoms with Gasteiger partial charge in [-0.2, -0.15) is 5.26 Å². The van der Waals surface area contributed by atoms with E-state index in [4.69, 9.17) is 15.1 Å². The monoisotopic (exact) mass is 433 g/mol. The molecule has 0 aliphatic rings. The summed E-state index contributed by atoms with van der Waals surface area (Å²) in [6.45, 7) is 4.39. The fourth-order valence-corrected chi connectivity index (χ4v) is 2.82. The fraction of sp³-hybridized carbons (Fsp3) is 0.476. The third-order valence-corrected chi connectivity index (χ3v) is 4.10. The SMILES string of the molecule is COC(=O)NC(CCC(=O)OC(C)(C)C)(Cc1cccc(C#N)c1)C(=O)NCC(=O)O. The number of nitrogens with one attached hydrogen (secondary N) is 2. The average Bonchev–Trinajstić information content (AvgIpc) is 2.68. The number of esters is 1. The van der Waals surface area contributed by atoms with Crippen LogP contribution in [0.1, 0.15) is 44.7 Å². The highest BCUT2D eigenvalue weighted by atomic mass is 16.6. The Labute approximate surface area is 180 Å². The summed E-state index contributed by atoms with van der Waals surface area (Å²) in [6.07, 6.45) is -1.49. The zero-order chi connectivity index (χ0) is 23.7. The molecule has 0 aliphatic carbocycles. The Morgan fingerprint density at radius 1 is 1.19 bits per heavy atom. The Morgan fingerprint density at radius 2 is 1.87 bits per heavy atom. The predicted octanol–water partition coefficient (Wildman–Crippen LogP) is 1.52. The fourth-order valence-electron chi connectivity index (χ4n) is 2.82. The van der Waals surface area contributed by atoms with Crippen LogP contribution in [0.15, 0.2) is 24.3 Å². The highest BCUT2D eigenvalue weighted by molar-refractivity contribution is 5.92. The van der Waals surface area contributed by atoms with Crippen LogP contribution in [0.4, 0.5) is 4.79 Å². The lowest BCUT2D eigenvalue weighted by atomic mass is 9.84. The number of methoxy groups -OCH3 is 1. The molecule has 0 saturated heterocycles. The number of carboxylic acids is 1. The summed E-state index contributed by atoms with van der Waals surface area (Å²) in [5, 5.41) is 22.8. The number of rotatable bonds is 9. The van der Waals surface area contributed by atoms with Crippen LogP contribution in [0.5, 0.6) is 0 Å². The van der Waals surface area contributed by atoms with E-state index in [0.29, 0.717) is 11.1 Å². The zero-order valence-electron chi connectivity index (χ0n) is 18.0. The van der Waals surface area contributed by atoms with Crippen LogP contribution in [0.2, 0.25) is 0 Å². The number of alkyl carbamates (subject to hydrolysis) is 1. The third-order valence-electron chi connectivity index (χ3n) is 4.10. The van der Waals surface area contributed by atoms with E-state index in [1.54, 1.807) is 39.0 Å². The van der Waals surface area contributed by atoms with E-state index in [2.05, 4.69) is 15.4 Å². The second-order valence-corrected chi connectivity index (χ2v) is 7.85. The largest absolute Gasteiger partial charge is 0.480 e. The Bertz CT molecular complexity index is 870. The summed E-state index contributed by atoms with van der Waals surface area (Å²) in [5.74, 6) is -2.69. The van der Waals surface area contributed by atoms with Crippen molar-refractivity contribution in [3.8, 4) is 6.07 Å². The molecule has 1 aromatic carbocycles. The van der Waals surface area contributed by atoms with E-state index >= 15 is 0 Å². The summed E-state index contributed by atoms with van der Waals surface area (Å²) < 4.78 is 9.91. The normalized spacial score (nSPS) is 12.6. The molecule has 0 fully saturated rings. The minimum Gasteiger partial charge on any atom is -0.480 e. The summed E-state index contributed by atoms with van der Waals surface area (Å²) in [4.78, 5) is 48.3. The van der Waals surface area contributed by atoms with E-state index < -0.39 is 41.6 Å². The minimum absolute atomic E-state index is 0.119. The van der Waals surface area contributed by atoms with Gasteiger partial charge >= 0.3 is 18.0 Å². The van der Waals surface area contributed by atoms with E-state index in [9.17, 15) is 19.2 Å². The summed E-state index contributed by atoms with van der Waals surface area (Å²) in [7, 11) is 1.11. The quantitative estimate of drug-likeness (QED) is 0.495. The van der Waals surface area contributed by atoms with Crippen LogP contribution in [-0.2, 0) is 30.3 Å². The number of benzene rings is 1. The lowest BCUT2D eigenvalue weighted by Gasteiger charge is -2.33. The number of nitrogens with zero attached hydrogens (tertiary/aromatic N) is 1. The van der Waals surface area contributed by atoms with Crippen molar-refractivity contribution in [2.45, 2.75) is 51.2 Å². The van der Waals surface area contributed by atoms with Crippen LogP contribution < -0.4 is 10.6 Å². The molecule has 0 heterocycles. The first-order chi connectivity index (χ1) is 14.4. The number of aliphatic carboxylic acids is 1. The number of hydrogen-bond donors (Lipinski definition) is 3. The molecule has 168 valence electrons. The molecule has 1 atom stereocenters. The molecule has 1 aromatic rings. The van der Waals surface area contributed by atoms with E-state index in [1.807, 2.05) is 6.07 Å². The van der Waals surface area contributed by atoms with Crippen molar-refractivity contribution < 1.29 is 33.8 Å². The first-order valence-corrected chi connectivity index (χ1v) is 9.48. The van der Waals surface area contributed by atoms with Gasteiger partial charge in [0.05, 0.1) is 18.7 Å². The van der Waals surface area contributed by atoms with E-state index in [-0.39, 0.29) is 19.3 Å². The molecule has 10 heteroatoms. The van der Waals surface area contributed by atoms with Crippen molar-refractivity contribution in [3.05, 3.63) is 35.4 Å². The summed E-state index contributed by atoms with van der Waals surface area (Å²) >= 11 is 0. The Hall–Kier alpha value is -3.61. The first-order valence-electron chi connectivity index (χ1n) is 9.48. The Morgan fingerprint density at radius 3 is 2.42 bits per heavy atom. The molecule has 0 saturated carbocycles. The molecule has 2 amide bonds. The zero-order valence-corrected chi connectivity index (χ0v) is 18.0. The highest BCUT2D eigenvalue weighted by Gasteiger charge is 2.41. The molecular weight excluding hydrogens is 406 g/mol. The summed E-state index contributed by atoms with van der Waals surface area (Å²) in [6, 6.07) is 8.35. The highest BCUT2D eigenvalue weighted by Crippen LogP contribution is 2.23. The van der Waals surface area contributed by atoms with Gasteiger partial charge in [0.25, 0.3) is 0 Å². The molecule has 1 rings (SSSR count). The number of carbonyl (C=O) groups excluding carboxylic acids is 3. The number of nitriles is 1. The Kier molecular flexibility index (Phi) is 8.99. The van der Waals surface area contributed by atoms with Gasteiger partial charge in [0.2, 0.25) is 5.91 Å². The molecule has 3 N–H and O–H groups in total. The number of carboxylic acid groups (broad SMARTS) is 1. The lowest BCUT2D eigenvalue weighted by Crippen LogP contribution is -2.61. The van der Waals surface area contributed by atoms with Crippen LogP contribution in [0, 0.1) is 11.3 Å². The first kappa shape index (κ1) is 25.4. The molecule has 31 heavy (non-hydrogen) atoms. The van der Waals surface area contributed by atoms with Gasteiger partial charge in [0.15, 0.2) is 0 Å². The average molecular weight is 433 g/mol. The smallest absolute Gasteiger partial charge is 0.407 e. The molecule has 0 aliphatic heterocycles. The van der Waals surface area contributed by atoms with Crippen molar-refractivity contribution in [3.63, 3.8) is 0 Å². The molecular formula is C21H27N3O7. The molecule has 1 unspecified atom stereocenters. The van der Waals surface area contributed by atoms with Crippen LogP contribution in [0.25, 0.3) is 0 Å². The molecule has 0 bridgehead atoms. The minimum atomic E-state index is -1.73. The molecule has 0 radical (unpaired) electrons.